The van der Waals surface area contributed by atoms with E-state index in [0.29, 0.717) is 63.5 Å². The number of ether oxygens (including phenoxy) is 7. The highest BCUT2D eigenvalue weighted by Gasteiger charge is 2.53. The summed E-state index contributed by atoms with van der Waals surface area (Å²) >= 11 is 0. The van der Waals surface area contributed by atoms with E-state index in [-0.39, 0.29) is 67.0 Å². The van der Waals surface area contributed by atoms with E-state index in [1.165, 1.54) is 12.0 Å². The van der Waals surface area contributed by atoms with Gasteiger partial charge in [-0.2, -0.15) is 0 Å². The van der Waals surface area contributed by atoms with Crippen molar-refractivity contribution in [2.24, 2.45) is 35.5 Å². The van der Waals surface area contributed by atoms with E-state index >= 15 is 0 Å². The second kappa shape index (κ2) is 27.8. The first-order chi connectivity index (χ1) is 33.8. The van der Waals surface area contributed by atoms with Crippen molar-refractivity contribution in [2.45, 2.75) is 199 Å². The molecule has 0 spiro atoms. The van der Waals surface area contributed by atoms with E-state index in [2.05, 4.69) is 0 Å². The average molecular weight is 998 g/mol. The van der Waals surface area contributed by atoms with Crippen LogP contribution < -0.4 is 0 Å². The van der Waals surface area contributed by atoms with Gasteiger partial charge in [0.25, 0.3) is 11.7 Å². The molecule has 0 radical (unpaired) electrons. The van der Waals surface area contributed by atoms with Gasteiger partial charge in [-0.25, -0.2) is 4.79 Å². The molecular formula is C56H87NO14. The van der Waals surface area contributed by atoms with E-state index in [1.807, 2.05) is 58.1 Å². The lowest BCUT2D eigenvalue weighted by Crippen LogP contribution is -2.61. The fraction of sp³-hybridized carbons (Fsp3) is 0.768. The number of hydrogen-bond acceptors (Lipinski definition) is 14. The van der Waals surface area contributed by atoms with Crippen molar-refractivity contribution in [1.82, 2.24) is 4.90 Å². The van der Waals surface area contributed by atoms with Crippen LogP contribution in [-0.2, 0) is 57.1 Å². The van der Waals surface area contributed by atoms with Crippen LogP contribution in [0.3, 0.4) is 0 Å². The third kappa shape index (κ3) is 15.8. The Hall–Kier alpha value is -3.41. The number of rotatable bonds is 8. The molecule has 1 aliphatic carbocycles. The molecule has 0 aromatic heterocycles. The van der Waals surface area contributed by atoms with E-state index in [1.54, 1.807) is 41.1 Å². The predicted octanol–water partition coefficient (Wildman–Crippen LogP) is 7.38. The molecule has 15 heteroatoms. The van der Waals surface area contributed by atoms with E-state index in [0.717, 1.165) is 37.9 Å². The van der Waals surface area contributed by atoms with Gasteiger partial charge in [-0.15, -0.1) is 0 Å². The number of allylic oxidation sites excluding steroid dienone is 6. The molecule has 0 aromatic carbocycles. The topological polar surface area (TPSA) is 194 Å². The summed E-state index contributed by atoms with van der Waals surface area (Å²) in [6.07, 6.45) is 14.5. The summed E-state index contributed by atoms with van der Waals surface area (Å²) in [5.41, 5.74) is 1.21. The summed E-state index contributed by atoms with van der Waals surface area (Å²) in [5.74, 6) is -7.78. The molecule has 5 aliphatic rings. The Balaban J connectivity index is 1.44. The Morgan fingerprint density at radius 3 is 2.30 bits per heavy atom. The first-order valence-electron chi connectivity index (χ1n) is 26.5. The molecule has 5 rings (SSSR count). The van der Waals surface area contributed by atoms with Crippen LogP contribution in [-0.4, -0.2) is 146 Å². The van der Waals surface area contributed by atoms with Crippen molar-refractivity contribution in [2.75, 3.05) is 41.1 Å². The maximum absolute atomic E-state index is 14.6. The number of ketones is 3. The van der Waals surface area contributed by atoms with Crippen LogP contribution in [0, 0.1) is 35.5 Å². The number of methoxy groups -OCH3 is 3. The van der Waals surface area contributed by atoms with Gasteiger partial charge in [-0.1, -0.05) is 71.1 Å². The molecule has 2 bridgehead atoms. The number of carbonyl (C=O) groups excluding carboxylic acids is 5. The lowest BCUT2D eigenvalue weighted by atomic mass is 9.78. The number of nitrogens with zero attached hydrogens (tertiary/aromatic N) is 1. The Kier molecular flexibility index (Phi) is 22.9. The molecule has 400 valence electrons. The molecule has 4 heterocycles. The summed E-state index contributed by atoms with van der Waals surface area (Å²) in [4.78, 5) is 72.5. The minimum absolute atomic E-state index is 0.0230. The van der Waals surface area contributed by atoms with Crippen LogP contribution in [0.5, 0.6) is 0 Å². The van der Waals surface area contributed by atoms with Gasteiger partial charge in [-0.3, -0.25) is 19.2 Å². The quantitative estimate of drug-likeness (QED) is 0.181. The van der Waals surface area contributed by atoms with Crippen molar-refractivity contribution >= 4 is 29.2 Å². The van der Waals surface area contributed by atoms with Crippen molar-refractivity contribution in [3.05, 3.63) is 47.6 Å². The first kappa shape index (κ1) is 58.5. The number of hydrogen-bond donors (Lipinski definition) is 2. The molecular weight excluding hydrogens is 911 g/mol. The van der Waals surface area contributed by atoms with Gasteiger partial charge in [0.15, 0.2) is 11.6 Å². The molecule has 3 saturated heterocycles. The van der Waals surface area contributed by atoms with E-state index in [9.17, 15) is 34.2 Å². The number of aliphatic hydroxyl groups is 2. The number of cyclic esters (lactones) is 1. The molecule has 0 aromatic rings. The van der Waals surface area contributed by atoms with Gasteiger partial charge in [0.05, 0.1) is 43.2 Å². The number of Topliss-reactive ketones (excluding diaryl/α,β-unsaturated/α-hetero) is 3. The van der Waals surface area contributed by atoms with Crippen LogP contribution in [0.2, 0.25) is 0 Å². The van der Waals surface area contributed by atoms with Gasteiger partial charge < -0.3 is 48.3 Å². The molecule has 4 fully saturated rings. The highest BCUT2D eigenvalue weighted by molar-refractivity contribution is 6.39. The van der Waals surface area contributed by atoms with Gasteiger partial charge in [-0.05, 0) is 120 Å². The lowest BCUT2D eigenvalue weighted by molar-refractivity contribution is -0.265. The third-order valence-corrected chi connectivity index (χ3v) is 16.0. The molecule has 2 N–H and O–H groups in total. The molecule has 1 amide bonds. The first-order valence-corrected chi connectivity index (χ1v) is 26.5. The molecule has 16 atom stereocenters. The van der Waals surface area contributed by atoms with Crippen LogP contribution >= 0.6 is 0 Å². The highest BCUT2D eigenvalue weighted by atomic mass is 16.6. The maximum atomic E-state index is 14.6. The molecule has 4 aliphatic heterocycles. The predicted molar refractivity (Wildman–Crippen MR) is 268 cm³/mol. The highest BCUT2D eigenvalue weighted by Crippen LogP contribution is 2.38. The molecule has 15 nitrogen and oxygen atoms in total. The molecule has 71 heavy (non-hydrogen) atoms. The molecule has 1 saturated carbocycles. The summed E-state index contributed by atoms with van der Waals surface area (Å²) in [5, 5.41) is 23.6. The second-order valence-corrected chi connectivity index (χ2v) is 21.5. The van der Waals surface area contributed by atoms with Gasteiger partial charge in [0.1, 0.15) is 18.2 Å². The standard InChI is InChI=1S/C56H87NO14/c1-34-17-12-11-13-18-35(2)47(65-8)31-42-23-21-40(7)56(64,71-42)53(61)54(62)57-25-15-14-20-44(57)55(63)70-48(32-45(58)36(3)28-39(6)51(60)52(67-10)50(59)38(5)27-34)37(4)29-41-22-24-46(49(30-41)66-9)69-43-19-16-26-68-33-43/h11-13,17-18,28,34,37-44,46-49,51-52,60,64H,14-16,19-27,29-33H2,1-10H3/b13-11?,17-12?,35-18?,36-28-. The van der Waals surface area contributed by atoms with Crippen LogP contribution in [0.1, 0.15) is 138 Å². The zero-order valence-electron chi connectivity index (χ0n) is 44.4. The van der Waals surface area contributed by atoms with Crippen LogP contribution in [0.25, 0.3) is 0 Å². The lowest BCUT2D eigenvalue weighted by Gasteiger charge is -2.42. The van der Waals surface area contributed by atoms with E-state index in [4.69, 9.17) is 33.2 Å². The Labute approximate surface area is 423 Å². The van der Waals surface area contributed by atoms with Crippen LogP contribution in [0.4, 0.5) is 0 Å². The number of carbonyl (C=O) groups is 5. The number of fused-ring (bicyclic) bond motifs is 3. The van der Waals surface area contributed by atoms with Crippen molar-refractivity contribution in [3.8, 4) is 0 Å². The van der Waals surface area contributed by atoms with E-state index < -0.39 is 77.8 Å². The smallest absolute Gasteiger partial charge is 0.329 e. The van der Waals surface area contributed by atoms with Gasteiger partial charge >= 0.3 is 5.97 Å². The minimum atomic E-state index is -2.43. The normalized spacial score (nSPS) is 38.7. The summed E-state index contributed by atoms with van der Waals surface area (Å²) in [6, 6.07) is -1.14. The second-order valence-electron chi connectivity index (χ2n) is 21.5. The Morgan fingerprint density at radius 1 is 0.845 bits per heavy atom. The number of piperidine rings is 1. The summed E-state index contributed by atoms with van der Waals surface area (Å²) in [6.45, 7) is 14.2. The zero-order valence-corrected chi connectivity index (χ0v) is 44.4. The van der Waals surface area contributed by atoms with Crippen molar-refractivity contribution < 1.29 is 67.3 Å². The summed E-state index contributed by atoms with van der Waals surface area (Å²) < 4.78 is 42.2. The molecule has 16 unspecified atom stereocenters. The van der Waals surface area contributed by atoms with Crippen LogP contribution in [0.15, 0.2) is 47.6 Å². The fourth-order valence-corrected chi connectivity index (χ4v) is 11.3. The minimum Gasteiger partial charge on any atom is -0.460 e. The fourth-order valence-electron chi connectivity index (χ4n) is 11.3. The largest absolute Gasteiger partial charge is 0.460 e. The monoisotopic (exact) mass is 998 g/mol. The van der Waals surface area contributed by atoms with Crippen molar-refractivity contribution in [1.29, 1.82) is 0 Å². The SMILES string of the molecule is COC1CC2CCC(C)C(O)(O2)C(=O)C(=O)N2CCCCC2C(=O)OC(C(C)CC2CCC(OC3CCCOC3)C(OC)C2)CC(=O)/C(C)=C\C(C)C(O)C(OC)C(=O)C(C)CC(C)C=CC=CC=C1C. The van der Waals surface area contributed by atoms with Gasteiger partial charge in [0.2, 0.25) is 5.79 Å². The average Bonchev–Trinajstić information content (AvgIpc) is 3.36. The number of amides is 1. The maximum Gasteiger partial charge on any atom is 0.329 e. The van der Waals surface area contributed by atoms with Crippen molar-refractivity contribution in [3.63, 3.8) is 0 Å². The zero-order chi connectivity index (χ0) is 52.0. The summed E-state index contributed by atoms with van der Waals surface area (Å²) in [7, 11) is 4.68. The number of aliphatic hydroxyl groups excluding tert-OH is 1. The Bertz CT molecular complexity index is 1910. The number of esters is 1. The third-order valence-electron chi connectivity index (χ3n) is 16.0. The Morgan fingerprint density at radius 2 is 1.61 bits per heavy atom. The van der Waals surface area contributed by atoms with Gasteiger partial charge in [0, 0.05) is 65.1 Å².